The molecule has 1 saturated heterocycles. The van der Waals surface area contributed by atoms with E-state index in [1.165, 1.54) is 4.90 Å². The predicted octanol–water partition coefficient (Wildman–Crippen LogP) is 4.58. The van der Waals surface area contributed by atoms with Crippen LogP contribution in [-0.4, -0.2) is 35.5 Å². The van der Waals surface area contributed by atoms with Gasteiger partial charge in [-0.15, -0.1) is 0 Å². The van der Waals surface area contributed by atoms with E-state index in [1.807, 2.05) is 60.7 Å². The Hall–Kier alpha value is -4.33. The molecule has 0 radical (unpaired) electrons. The second-order valence-electron chi connectivity index (χ2n) is 8.03. The lowest BCUT2D eigenvalue weighted by atomic mass is 10.0. The molecule has 34 heavy (non-hydrogen) atoms. The fourth-order valence-electron chi connectivity index (χ4n) is 3.98. The minimum absolute atomic E-state index is 0.163. The average molecular weight is 459 g/mol. The van der Waals surface area contributed by atoms with Crippen LogP contribution in [0.25, 0.3) is 11.1 Å². The summed E-state index contributed by atoms with van der Waals surface area (Å²) in [6.07, 6.45) is 0.819. The lowest BCUT2D eigenvalue weighted by molar-refractivity contribution is -0.120. The Kier molecular flexibility index (Phi) is 7.07. The maximum absolute atomic E-state index is 13.0. The molecule has 0 spiro atoms. The van der Waals surface area contributed by atoms with Gasteiger partial charge in [0.15, 0.2) is 0 Å². The van der Waals surface area contributed by atoms with Crippen molar-refractivity contribution in [3.8, 4) is 11.1 Å². The van der Waals surface area contributed by atoms with Gasteiger partial charge in [-0.25, -0.2) is 9.59 Å². The van der Waals surface area contributed by atoms with Gasteiger partial charge in [-0.3, -0.25) is 9.69 Å². The molecule has 4 rings (SSSR count). The summed E-state index contributed by atoms with van der Waals surface area (Å²) in [5, 5.41) is 5.48. The number of nitrogens with two attached hydrogens (primary N) is 1. The molecule has 1 atom stereocenters. The first kappa shape index (κ1) is 22.8. The number of nitrogens with zero attached hydrogens (tertiary/aromatic N) is 1. The number of rotatable bonds is 6. The van der Waals surface area contributed by atoms with Gasteiger partial charge in [-0.2, -0.15) is 0 Å². The first-order valence-corrected chi connectivity index (χ1v) is 11.0. The number of likely N-dealkylation sites (tertiary alicyclic amines) is 1. The van der Waals surface area contributed by atoms with Crippen LogP contribution in [0.5, 0.6) is 0 Å². The van der Waals surface area contributed by atoms with Crippen molar-refractivity contribution in [1.29, 1.82) is 0 Å². The summed E-state index contributed by atoms with van der Waals surface area (Å²) in [6.45, 7) is 0.641. The minimum Gasteiger partial charge on any atom is -0.445 e. The van der Waals surface area contributed by atoms with Crippen LogP contribution >= 0.6 is 0 Å². The molecule has 0 saturated carbocycles. The van der Waals surface area contributed by atoms with Gasteiger partial charge in [0.25, 0.3) is 0 Å². The molecule has 0 aromatic heterocycles. The predicted molar refractivity (Wildman–Crippen MR) is 130 cm³/mol. The lowest BCUT2D eigenvalue weighted by Gasteiger charge is -2.23. The molecular formula is C26H26N4O4. The molecule has 0 bridgehead atoms. The number of amides is 4. The Morgan fingerprint density at radius 1 is 0.882 bits per heavy atom. The summed E-state index contributed by atoms with van der Waals surface area (Å²) in [4.78, 5) is 38.2. The van der Waals surface area contributed by atoms with E-state index in [0.29, 0.717) is 24.3 Å². The Morgan fingerprint density at radius 3 is 2.18 bits per heavy atom. The van der Waals surface area contributed by atoms with E-state index in [-0.39, 0.29) is 12.5 Å². The molecule has 4 amide bonds. The highest BCUT2D eigenvalue weighted by molar-refractivity contribution is 5.97. The zero-order valence-corrected chi connectivity index (χ0v) is 18.6. The van der Waals surface area contributed by atoms with Crippen LogP contribution in [0.2, 0.25) is 0 Å². The zero-order valence-electron chi connectivity index (χ0n) is 18.6. The van der Waals surface area contributed by atoms with Crippen molar-refractivity contribution in [2.24, 2.45) is 5.73 Å². The second-order valence-corrected chi connectivity index (χ2v) is 8.03. The lowest BCUT2D eigenvalue weighted by Crippen LogP contribution is -2.43. The smallest absolute Gasteiger partial charge is 0.410 e. The molecule has 3 aromatic carbocycles. The summed E-state index contributed by atoms with van der Waals surface area (Å²) < 4.78 is 5.43. The van der Waals surface area contributed by atoms with Crippen LogP contribution in [0.15, 0.2) is 78.9 Å². The number of ether oxygens (including phenoxy) is 1. The van der Waals surface area contributed by atoms with Crippen LogP contribution in [0.1, 0.15) is 18.4 Å². The van der Waals surface area contributed by atoms with Gasteiger partial charge in [0.05, 0.1) is 0 Å². The molecule has 1 heterocycles. The number of hydrogen-bond donors (Lipinski definition) is 3. The first-order chi connectivity index (χ1) is 16.5. The number of carbonyl (C=O) groups is 3. The maximum Gasteiger partial charge on any atom is 0.410 e. The first-order valence-electron chi connectivity index (χ1n) is 11.0. The van der Waals surface area contributed by atoms with Crippen LogP contribution in [-0.2, 0) is 16.1 Å². The van der Waals surface area contributed by atoms with E-state index in [1.54, 1.807) is 18.2 Å². The zero-order chi connectivity index (χ0) is 23.9. The van der Waals surface area contributed by atoms with E-state index in [0.717, 1.165) is 23.1 Å². The molecular weight excluding hydrogens is 432 g/mol. The molecule has 4 N–H and O–H groups in total. The van der Waals surface area contributed by atoms with Crippen LogP contribution in [0, 0.1) is 0 Å². The topological polar surface area (TPSA) is 114 Å². The van der Waals surface area contributed by atoms with Crippen LogP contribution in [0.4, 0.5) is 21.0 Å². The van der Waals surface area contributed by atoms with E-state index >= 15 is 0 Å². The monoisotopic (exact) mass is 458 g/mol. The summed E-state index contributed by atoms with van der Waals surface area (Å²) in [5.41, 5.74) is 8.99. The number of carbonyl (C=O) groups excluding carboxylic acids is 3. The summed E-state index contributed by atoms with van der Waals surface area (Å²) in [6, 6.07) is 22.8. The Morgan fingerprint density at radius 2 is 1.53 bits per heavy atom. The van der Waals surface area contributed by atoms with Crippen molar-refractivity contribution in [2.45, 2.75) is 25.5 Å². The Labute approximate surface area is 197 Å². The van der Waals surface area contributed by atoms with Gasteiger partial charge in [-0.05, 0) is 53.8 Å². The molecule has 8 heteroatoms. The van der Waals surface area contributed by atoms with Crippen molar-refractivity contribution in [2.75, 3.05) is 17.2 Å². The molecule has 8 nitrogen and oxygen atoms in total. The van der Waals surface area contributed by atoms with E-state index < -0.39 is 18.2 Å². The highest BCUT2D eigenvalue weighted by Crippen LogP contribution is 2.26. The summed E-state index contributed by atoms with van der Waals surface area (Å²) in [7, 11) is 0. The van der Waals surface area contributed by atoms with Crippen molar-refractivity contribution >= 4 is 29.4 Å². The van der Waals surface area contributed by atoms with Crippen LogP contribution in [0.3, 0.4) is 0 Å². The summed E-state index contributed by atoms with van der Waals surface area (Å²) >= 11 is 0. The molecule has 1 fully saturated rings. The minimum atomic E-state index is -0.637. The number of primary amides is 1. The third-order valence-electron chi connectivity index (χ3n) is 5.59. The molecule has 3 aromatic rings. The molecule has 1 unspecified atom stereocenters. The summed E-state index contributed by atoms with van der Waals surface area (Å²) in [5.74, 6) is -0.254. The second kappa shape index (κ2) is 10.5. The maximum atomic E-state index is 13.0. The molecule has 0 aliphatic carbocycles. The van der Waals surface area contributed by atoms with Crippen molar-refractivity contribution in [3.05, 3.63) is 84.4 Å². The van der Waals surface area contributed by atoms with Crippen molar-refractivity contribution < 1.29 is 19.1 Å². The Balaban J connectivity index is 1.41. The molecule has 1 aliphatic rings. The molecule has 174 valence electrons. The fraction of sp³-hybridized carbons (Fsp3) is 0.192. The average Bonchev–Trinajstić information content (AvgIpc) is 3.34. The van der Waals surface area contributed by atoms with Gasteiger partial charge in [0.1, 0.15) is 12.6 Å². The highest BCUT2D eigenvalue weighted by Gasteiger charge is 2.35. The van der Waals surface area contributed by atoms with E-state index in [4.69, 9.17) is 10.5 Å². The largest absolute Gasteiger partial charge is 0.445 e. The fourth-order valence-corrected chi connectivity index (χ4v) is 3.98. The van der Waals surface area contributed by atoms with Gasteiger partial charge in [-0.1, -0.05) is 54.6 Å². The number of anilines is 2. The van der Waals surface area contributed by atoms with Crippen molar-refractivity contribution in [3.63, 3.8) is 0 Å². The normalized spacial score (nSPS) is 14.9. The van der Waals surface area contributed by atoms with Gasteiger partial charge in [0.2, 0.25) is 5.91 Å². The quantitative estimate of drug-likeness (QED) is 0.501. The van der Waals surface area contributed by atoms with E-state index in [2.05, 4.69) is 10.6 Å². The van der Waals surface area contributed by atoms with Crippen molar-refractivity contribution in [1.82, 2.24) is 4.90 Å². The number of nitrogens with one attached hydrogen (secondary N) is 2. The highest BCUT2D eigenvalue weighted by atomic mass is 16.6. The Bertz CT molecular complexity index is 1180. The molecule has 1 aliphatic heterocycles. The number of benzene rings is 3. The SMILES string of the molecule is NC(=O)Nc1cccc(-c2cccc(NC(=O)C3CCCN3C(=O)OCc3ccccc3)c2)c1. The van der Waals surface area contributed by atoms with Crippen LogP contribution < -0.4 is 16.4 Å². The van der Waals surface area contributed by atoms with E-state index in [9.17, 15) is 14.4 Å². The van der Waals surface area contributed by atoms with Gasteiger partial charge in [0, 0.05) is 17.9 Å². The van der Waals surface area contributed by atoms with Gasteiger partial charge < -0.3 is 21.1 Å². The van der Waals surface area contributed by atoms with Gasteiger partial charge >= 0.3 is 12.1 Å². The standard InChI is InChI=1S/C26H26N4O4/c27-25(32)29-22-12-5-10-20(16-22)19-9-4-11-21(15-19)28-24(31)23-13-6-14-30(23)26(33)34-17-18-7-2-1-3-8-18/h1-5,7-12,15-16,23H,6,13-14,17H2,(H,28,31)(H3,27,29,32). The number of hydrogen-bond acceptors (Lipinski definition) is 4. The third-order valence-corrected chi connectivity index (χ3v) is 5.59. The number of urea groups is 1. The third kappa shape index (κ3) is 5.72.